The summed E-state index contributed by atoms with van der Waals surface area (Å²) >= 11 is 0. The van der Waals surface area contributed by atoms with Crippen LogP contribution in [-0.4, -0.2) is 23.8 Å². The fourth-order valence-electron chi connectivity index (χ4n) is 1.02. The Morgan fingerprint density at radius 1 is 1.69 bits per heavy atom. The monoisotopic (exact) mass is 195 g/mol. The van der Waals surface area contributed by atoms with E-state index in [1.165, 1.54) is 6.92 Å². The van der Waals surface area contributed by atoms with Crippen molar-refractivity contribution in [2.24, 2.45) is 5.41 Å². The highest BCUT2D eigenvalue weighted by molar-refractivity contribution is 5.78. The van der Waals surface area contributed by atoms with E-state index in [0.717, 1.165) is 0 Å². The molecule has 13 heavy (non-hydrogen) atoms. The predicted octanol–water partition coefficient (Wildman–Crippen LogP) is 1.13. The molecule has 0 aromatic rings. The maximum absolute atomic E-state index is 12.0. The van der Waals surface area contributed by atoms with Crippen molar-refractivity contribution in [2.45, 2.75) is 13.1 Å². The minimum atomic E-state index is -4.49. The number of aliphatic carboxylic acids is 1. The zero-order chi connectivity index (χ0) is 10.3. The highest BCUT2D eigenvalue weighted by atomic mass is 19.4. The van der Waals surface area contributed by atoms with Gasteiger partial charge in [-0.2, -0.15) is 13.2 Å². The standard InChI is InChI=1S/C7H8F3NO2/c1-6(5(12)13)2-4(11-3-6)7(8,9)10/h2,11H,3H2,1H3,(H,12,13). The molecular weight excluding hydrogens is 187 g/mol. The lowest BCUT2D eigenvalue weighted by Gasteiger charge is -2.13. The van der Waals surface area contributed by atoms with Gasteiger partial charge in [-0.05, 0) is 13.0 Å². The van der Waals surface area contributed by atoms with Crippen LogP contribution in [0.15, 0.2) is 11.8 Å². The number of hydrogen-bond acceptors (Lipinski definition) is 2. The Morgan fingerprint density at radius 3 is 2.46 bits per heavy atom. The SMILES string of the molecule is CC1(C(=O)O)C=C(C(F)(F)F)NC1. The van der Waals surface area contributed by atoms with E-state index < -0.39 is 23.3 Å². The molecule has 0 spiro atoms. The smallest absolute Gasteiger partial charge is 0.430 e. The Labute approximate surface area is 72.2 Å². The number of allylic oxidation sites excluding steroid dienone is 1. The fraction of sp³-hybridized carbons (Fsp3) is 0.571. The minimum absolute atomic E-state index is 0.225. The summed E-state index contributed by atoms with van der Waals surface area (Å²) in [5.41, 5.74) is -2.43. The molecule has 0 amide bonds. The van der Waals surface area contributed by atoms with E-state index in [0.29, 0.717) is 6.08 Å². The van der Waals surface area contributed by atoms with Gasteiger partial charge in [0.1, 0.15) is 11.1 Å². The number of carboxylic acids is 1. The zero-order valence-electron chi connectivity index (χ0n) is 6.77. The summed E-state index contributed by atoms with van der Waals surface area (Å²) in [5, 5.41) is 10.6. The van der Waals surface area contributed by atoms with Crippen LogP contribution in [0.3, 0.4) is 0 Å². The summed E-state index contributed by atoms with van der Waals surface area (Å²) in [7, 11) is 0. The second-order valence-electron chi connectivity index (χ2n) is 3.13. The van der Waals surface area contributed by atoms with Crippen molar-refractivity contribution in [3.8, 4) is 0 Å². The molecule has 0 aliphatic carbocycles. The van der Waals surface area contributed by atoms with E-state index in [4.69, 9.17) is 5.11 Å². The maximum Gasteiger partial charge on any atom is 0.430 e. The van der Waals surface area contributed by atoms with Gasteiger partial charge in [-0.15, -0.1) is 0 Å². The Hall–Kier alpha value is -1.20. The number of carboxylic acid groups (broad SMARTS) is 1. The Kier molecular flexibility index (Phi) is 2.01. The molecule has 0 saturated carbocycles. The van der Waals surface area contributed by atoms with E-state index in [1.807, 2.05) is 5.32 Å². The summed E-state index contributed by atoms with van der Waals surface area (Å²) in [6.07, 6.45) is -3.79. The molecule has 1 unspecified atom stereocenters. The molecule has 1 aliphatic heterocycles. The van der Waals surface area contributed by atoms with Crippen LogP contribution in [0.2, 0.25) is 0 Å². The molecule has 74 valence electrons. The van der Waals surface area contributed by atoms with Gasteiger partial charge in [-0.3, -0.25) is 4.79 Å². The third-order valence-electron chi connectivity index (χ3n) is 1.90. The molecule has 0 fully saturated rings. The zero-order valence-corrected chi connectivity index (χ0v) is 6.77. The third kappa shape index (κ3) is 1.76. The van der Waals surface area contributed by atoms with E-state index in [-0.39, 0.29) is 6.54 Å². The van der Waals surface area contributed by atoms with Gasteiger partial charge in [-0.1, -0.05) is 0 Å². The van der Waals surface area contributed by atoms with Gasteiger partial charge < -0.3 is 10.4 Å². The van der Waals surface area contributed by atoms with Crippen LogP contribution in [0.25, 0.3) is 0 Å². The number of alkyl halides is 3. The minimum Gasteiger partial charge on any atom is -0.481 e. The van der Waals surface area contributed by atoms with Crippen LogP contribution >= 0.6 is 0 Å². The molecule has 2 N–H and O–H groups in total. The third-order valence-corrected chi connectivity index (χ3v) is 1.90. The average molecular weight is 195 g/mol. The van der Waals surface area contributed by atoms with Crippen molar-refractivity contribution in [1.29, 1.82) is 0 Å². The Balaban J connectivity index is 2.92. The lowest BCUT2D eigenvalue weighted by atomic mass is 9.93. The molecule has 1 heterocycles. The van der Waals surface area contributed by atoms with Gasteiger partial charge in [0, 0.05) is 6.54 Å². The van der Waals surface area contributed by atoms with Gasteiger partial charge in [0.05, 0.1) is 0 Å². The topological polar surface area (TPSA) is 49.3 Å². The molecular formula is C7H8F3NO2. The first-order chi connectivity index (χ1) is 5.76. The first-order valence-corrected chi connectivity index (χ1v) is 3.53. The molecule has 0 aromatic heterocycles. The van der Waals surface area contributed by atoms with Crippen LogP contribution in [-0.2, 0) is 4.79 Å². The van der Waals surface area contributed by atoms with Gasteiger partial charge >= 0.3 is 12.1 Å². The van der Waals surface area contributed by atoms with E-state index in [2.05, 4.69) is 0 Å². The number of rotatable bonds is 1. The largest absolute Gasteiger partial charge is 0.481 e. The molecule has 0 radical (unpaired) electrons. The van der Waals surface area contributed by atoms with Crippen LogP contribution in [0, 0.1) is 5.41 Å². The van der Waals surface area contributed by atoms with Gasteiger partial charge in [0.25, 0.3) is 0 Å². The number of nitrogens with one attached hydrogen (secondary N) is 1. The lowest BCUT2D eigenvalue weighted by Crippen LogP contribution is -2.31. The highest BCUT2D eigenvalue weighted by Gasteiger charge is 2.44. The first-order valence-electron chi connectivity index (χ1n) is 3.53. The molecule has 1 atom stereocenters. The van der Waals surface area contributed by atoms with Crippen molar-refractivity contribution < 1.29 is 23.1 Å². The molecule has 6 heteroatoms. The normalized spacial score (nSPS) is 28.2. The fourth-order valence-corrected chi connectivity index (χ4v) is 1.02. The quantitative estimate of drug-likeness (QED) is 0.659. The van der Waals surface area contributed by atoms with Crippen LogP contribution in [0.1, 0.15) is 6.92 Å². The number of halogens is 3. The van der Waals surface area contributed by atoms with Gasteiger partial charge in [0.15, 0.2) is 0 Å². The van der Waals surface area contributed by atoms with Crippen molar-refractivity contribution in [1.82, 2.24) is 5.32 Å². The Bertz CT molecular complexity index is 271. The second-order valence-corrected chi connectivity index (χ2v) is 3.13. The summed E-state index contributed by atoms with van der Waals surface area (Å²) < 4.78 is 36.1. The predicted molar refractivity (Wildman–Crippen MR) is 37.9 cm³/mol. The number of hydrogen-bond donors (Lipinski definition) is 2. The maximum atomic E-state index is 12.0. The van der Waals surface area contributed by atoms with E-state index in [1.54, 1.807) is 0 Å². The van der Waals surface area contributed by atoms with Crippen LogP contribution in [0.4, 0.5) is 13.2 Å². The van der Waals surface area contributed by atoms with Crippen molar-refractivity contribution in [3.05, 3.63) is 11.8 Å². The molecule has 0 bridgehead atoms. The van der Waals surface area contributed by atoms with Gasteiger partial charge in [0.2, 0.25) is 0 Å². The molecule has 3 nitrogen and oxygen atoms in total. The second kappa shape index (κ2) is 2.65. The number of carbonyl (C=O) groups is 1. The molecule has 1 rings (SSSR count). The first kappa shape index (κ1) is 9.88. The van der Waals surface area contributed by atoms with E-state index >= 15 is 0 Å². The van der Waals surface area contributed by atoms with E-state index in [9.17, 15) is 18.0 Å². The summed E-state index contributed by atoms with van der Waals surface area (Å²) in [6.45, 7) is 1.01. The highest BCUT2D eigenvalue weighted by Crippen LogP contribution is 2.33. The van der Waals surface area contributed by atoms with Crippen molar-refractivity contribution >= 4 is 5.97 Å². The summed E-state index contributed by atoms with van der Waals surface area (Å²) in [4.78, 5) is 10.5. The molecule has 1 aliphatic rings. The van der Waals surface area contributed by atoms with Crippen molar-refractivity contribution in [2.75, 3.05) is 6.54 Å². The average Bonchev–Trinajstić information content (AvgIpc) is 2.31. The lowest BCUT2D eigenvalue weighted by molar-refractivity contribution is -0.144. The summed E-state index contributed by atoms with van der Waals surface area (Å²) in [5.74, 6) is -1.26. The summed E-state index contributed by atoms with van der Waals surface area (Å²) in [6, 6.07) is 0. The molecule has 0 saturated heterocycles. The van der Waals surface area contributed by atoms with Crippen LogP contribution < -0.4 is 5.32 Å². The van der Waals surface area contributed by atoms with Gasteiger partial charge in [-0.25, -0.2) is 0 Å². The van der Waals surface area contributed by atoms with Crippen LogP contribution in [0.5, 0.6) is 0 Å². The Morgan fingerprint density at radius 2 is 2.23 bits per heavy atom. The molecule has 0 aromatic carbocycles. The van der Waals surface area contributed by atoms with Crippen molar-refractivity contribution in [3.63, 3.8) is 0 Å².